The van der Waals surface area contributed by atoms with Crippen LogP contribution in [0, 0.1) is 21.4 Å². The summed E-state index contributed by atoms with van der Waals surface area (Å²) in [6.45, 7) is 0.107. The Balaban J connectivity index is 2.27. The lowest BCUT2D eigenvalue weighted by atomic mass is 10.1. The minimum absolute atomic E-state index is 0.0888. The van der Waals surface area contributed by atoms with Gasteiger partial charge in [0.05, 0.1) is 16.6 Å². The summed E-state index contributed by atoms with van der Waals surface area (Å²) in [7, 11) is 0. The Bertz CT molecular complexity index is 710. The van der Waals surface area contributed by atoms with Gasteiger partial charge in [-0.1, -0.05) is 40.2 Å². The molecule has 0 aliphatic rings. The highest BCUT2D eigenvalue weighted by Crippen LogP contribution is 2.29. The van der Waals surface area contributed by atoms with Crippen LogP contribution in [-0.2, 0) is 11.9 Å². The summed E-state index contributed by atoms with van der Waals surface area (Å²) >= 11 is 3.30. The monoisotopic (exact) mass is 346 g/mol. The van der Waals surface area contributed by atoms with E-state index in [0.717, 1.165) is 5.56 Å². The summed E-state index contributed by atoms with van der Waals surface area (Å²) < 4.78 is 5.56. The first-order chi connectivity index (χ1) is 10.2. The van der Waals surface area contributed by atoms with Gasteiger partial charge < -0.3 is 4.74 Å². The first kappa shape index (κ1) is 15.0. The molecule has 0 aliphatic carbocycles. The average molecular weight is 347 g/mol. The van der Waals surface area contributed by atoms with E-state index in [-0.39, 0.29) is 18.0 Å². The topological polar surface area (TPSA) is 76.2 Å². The predicted molar refractivity (Wildman–Crippen MR) is 81.2 cm³/mol. The molecule has 2 aromatic carbocycles. The van der Waals surface area contributed by atoms with Crippen LogP contribution in [0.25, 0.3) is 0 Å². The number of nitriles is 1. The van der Waals surface area contributed by atoms with Crippen molar-refractivity contribution in [3.63, 3.8) is 0 Å². The van der Waals surface area contributed by atoms with Crippen molar-refractivity contribution in [2.75, 3.05) is 0 Å². The van der Waals surface area contributed by atoms with Crippen LogP contribution in [0.4, 0.5) is 5.69 Å². The predicted octanol–water partition coefficient (Wildman–Crippen LogP) is 3.94. The molecule has 106 valence electrons. The molecule has 0 spiro atoms. The van der Waals surface area contributed by atoms with Gasteiger partial charge in [0.2, 0.25) is 0 Å². The fraction of sp³-hybridized carbons (Fsp3) is 0.133. The van der Waals surface area contributed by atoms with E-state index in [0.29, 0.717) is 16.5 Å². The van der Waals surface area contributed by atoms with Crippen LogP contribution < -0.4 is 4.74 Å². The maximum absolute atomic E-state index is 11.0. The first-order valence-electron chi connectivity index (χ1n) is 6.09. The van der Waals surface area contributed by atoms with E-state index in [1.807, 2.05) is 0 Å². The highest BCUT2D eigenvalue weighted by Gasteiger charge is 2.16. The Morgan fingerprint density at radius 2 is 2.05 bits per heavy atom. The standard InChI is InChI=1S/C15H11BrN2O3/c16-8-11-5-6-14(18(19)20)15(7-11)21-10-13-4-2-1-3-12(13)9-17/h1-7H,8,10H2. The van der Waals surface area contributed by atoms with Crippen LogP contribution in [-0.4, -0.2) is 4.92 Å². The van der Waals surface area contributed by atoms with Crippen molar-refractivity contribution < 1.29 is 9.66 Å². The van der Waals surface area contributed by atoms with Crippen molar-refractivity contribution in [3.05, 3.63) is 69.3 Å². The number of nitro benzene ring substituents is 1. The lowest BCUT2D eigenvalue weighted by Crippen LogP contribution is -2.01. The first-order valence-corrected chi connectivity index (χ1v) is 7.22. The SMILES string of the molecule is N#Cc1ccccc1COc1cc(CBr)ccc1[N+](=O)[O-]. The highest BCUT2D eigenvalue weighted by molar-refractivity contribution is 9.08. The highest BCUT2D eigenvalue weighted by atomic mass is 79.9. The van der Waals surface area contributed by atoms with Crippen LogP contribution in [0.5, 0.6) is 5.75 Å². The van der Waals surface area contributed by atoms with Gasteiger partial charge in [0.15, 0.2) is 5.75 Å². The molecule has 6 heteroatoms. The molecule has 0 fully saturated rings. The van der Waals surface area contributed by atoms with Crippen molar-refractivity contribution in [2.24, 2.45) is 0 Å². The summed E-state index contributed by atoms with van der Waals surface area (Å²) in [6, 6.07) is 13.8. The van der Waals surface area contributed by atoms with Gasteiger partial charge >= 0.3 is 5.69 Å². The molecule has 2 aromatic rings. The van der Waals surface area contributed by atoms with E-state index in [4.69, 9.17) is 10.00 Å². The maximum atomic E-state index is 11.0. The number of nitro groups is 1. The minimum Gasteiger partial charge on any atom is -0.482 e. The van der Waals surface area contributed by atoms with E-state index < -0.39 is 4.92 Å². The average Bonchev–Trinajstić information content (AvgIpc) is 2.52. The normalized spacial score (nSPS) is 9.90. The largest absolute Gasteiger partial charge is 0.482 e. The number of hydrogen-bond acceptors (Lipinski definition) is 4. The zero-order valence-electron chi connectivity index (χ0n) is 11.0. The van der Waals surface area contributed by atoms with Crippen molar-refractivity contribution in [2.45, 2.75) is 11.9 Å². The molecule has 21 heavy (non-hydrogen) atoms. The van der Waals surface area contributed by atoms with Gasteiger partial charge in [-0.25, -0.2) is 0 Å². The summed E-state index contributed by atoms with van der Waals surface area (Å²) in [5, 5.41) is 20.6. The van der Waals surface area contributed by atoms with Gasteiger partial charge in [0.1, 0.15) is 6.61 Å². The van der Waals surface area contributed by atoms with Gasteiger partial charge in [-0.15, -0.1) is 0 Å². The summed E-state index contributed by atoms with van der Waals surface area (Å²) in [4.78, 5) is 10.5. The third-order valence-electron chi connectivity index (χ3n) is 2.90. The number of ether oxygens (including phenoxy) is 1. The lowest BCUT2D eigenvalue weighted by molar-refractivity contribution is -0.386. The van der Waals surface area contributed by atoms with Crippen molar-refractivity contribution >= 4 is 21.6 Å². The second-order valence-electron chi connectivity index (χ2n) is 4.25. The van der Waals surface area contributed by atoms with Gasteiger partial charge in [-0.05, 0) is 17.7 Å². The molecule has 0 bridgehead atoms. The Hall–Kier alpha value is -2.39. The van der Waals surface area contributed by atoms with Crippen molar-refractivity contribution in [1.29, 1.82) is 5.26 Å². The van der Waals surface area contributed by atoms with Crippen LogP contribution >= 0.6 is 15.9 Å². The lowest BCUT2D eigenvalue weighted by Gasteiger charge is -2.09. The number of rotatable bonds is 5. The molecule has 0 radical (unpaired) electrons. The second kappa shape index (κ2) is 6.86. The van der Waals surface area contributed by atoms with E-state index in [1.165, 1.54) is 6.07 Å². The second-order valence-corrected chi connectivity index (χ2v) is 4.81. The molecule has 0 aliphatic heterocycles. The fourth-order valence-corrected chi connectivity index (χ4v) is 2.17. The Kier molecular flexibility index (Phi) is 4.90. The Morgan fingerprint density at radius 3 is 2.71 bits per heavy atom. The number of halogens is 1. The fourth-order valence-electron chi connectivity index (χ4n) is 1.82. The maximum Gasteiger partial charge on any atom is 0.310 e. The molecule has 0 saturated carbocycles. The van der Waals surface area contributed by atoms with Gasteiger partial charge in [-0.3, -0.25) is 10.1 Å². The number of alkyl halides is 1. The molecule has 2 rings (SSSR count). The number of hydrogen-bond donors (Lipinski definition) is 0. The molecular formula is C15H11BrN2O3. The molecule has 5 nitrogen and oxygen atoms in total. The van der Waals surface area contributed by atoms with Crippen LogP contribution in [0.3, 0.4) is 0 Å². The Labute approximate surface area is 130 Å². The Morgan fingerprint density at radius 1 is 1.29 bits per heavy atom. The van der Waals surface area contributed by atoms with Gasteiger partial charge in [-0.2, -0.15) is 5.26 Å². The van der Waals surface area contributed by atoms with Crippen molar-refractivity contribution in [1.82, 2.24) is 0 Å². The van der Waals surface area contributed by atoms with Crippen LogP contribution in [0.15, 0.2) is 42.5 Å². The molecule has 0 unspecified atom stereocenters. The third-order valence-corrected chi connectivity index (χ3v) is 3.54. The smallest absolute Gasteiger partial charge is 0.310 e. The molecule has 0 aromatic heterocycles. The van der Waals surface area contributed by atoms with Crippen LogP contribution in [0.2, 0.25) is 0 Å². The van der Waals surface area contributed by atoms with E-state index in [9.17, 15) is 10.1 Å². The van der Waals surface area contributed by atoms with E-state index in [1.54, 1.807) is 36.4 Å². The quantitative estimate of drug-likeness (QED) is 0.466. The molecule has 0 saturated heterocycles. The van der Waals surface area contributed by atoms with E-state index in [2.05, 4.69) is 22.0 Å². The summed E-state index contributed by atoms with van der Waals surface area (Å²) in [5.74, 6) is 0.199. The molecule has 0 amide bonds. The molecule has 0 N–H and O–H groups in total. The molecular weight excluding hydrogens is 336 g/mol. The van der Waals surface area contributed by atoms with Gasteiger partial charge in [0, 0.05) is 17.0 Å². The zero-order valence-corrected chi connectivity index (χ0v) is 12.5. The van der Waals surface area contributed by atoms with Crippen LogP contribution in [0.1, 0.15) is 16.7 Å². The number of nitrogens with zero attached hydrogens (tertiary/aromatic N) is 2. The molecule has 0 atom stereocenters. The summed E-state index contributed by atoms with van der Waals surface area (Å²) in [6.07, 6.45) is 0. The molecule has 0 heterocycles. The summed E-state index contributed by atoms with van der Waals surface area (Å²) in [5.41, 5.74) is 1.98. The third kappa shape index (κ3) is 3.58. The van der Waals surface area contributed by atoms with Crippen molar-refractivity contribution in [3.8, 4) is 11.8 Å². The number of benzene rings is 2. The van der Waals surface area contributed by atoms with E-state index >= 15 is 0 Å². The zero-order chi connectivity index (χ0) is 15.2. The van der Waals surface area contributed by atoms with Gasteiger partial charge in [0.25, 0.3) is 0 Å². The minimum atomic E-state index is -0.483.